The summed E-state index contributed by atoms with van der Waals surface area (Å²) in [5.74, 6) is 3.34. The van der Waals surface area contributed by atoms with E-state index in [0.29, 0.717) is 42.6 Å². The fourth-order valence-corrected chi connectivity index (χ4v) is 14.6. The lowest BCUT2D eigenvalue weighted by Crippen LogP contribution is -2.09. The predicted molar refractivity (Wildman–Crippen MR) is 461 cm³/mol. The molecular weight excluding hydrogens is 1440 g/mol. The molecule has 0 spiro atoms. The van der Waals surface area contributed by atoms with E-state index in [-0.39, 0.29) is 30.3 Å². The second-order valence-electron chi connectivity index (χ2n) is 29.3. The van der Waals surface area contributed by atoms with Crippen LogP contribution in [0.2, 0.25) is 0 Å². The van der Waals surface area contributed by atoms with Crippen molar-refractivity contribution in [1.82, 2.24) is 39.9 Å². The number of fused-ring (bicyclic) bond motifs is 4. The number of benzene rings is 4. The van der Waals surface area contributed by atoms with Crippen molar-refractivity contribution in [3.05, 3.63) is 174 Å². The van der Waals surface area contributed by atoms with Crippen LogP contribution in [0.25, 0.3) is 98.9 Å². The molecule has 12 rings (SSSR count). The topological polar surface area (TPSA) is 228 Å². The van der Waals surface area contributed by atoms with Crippen molar-refractivity contribution in [1.29, 1.82) is 0 Å². The van der Waals surface area contributed by atoms with E-state index in [0.717, 1.165) is 189 Å². The zero-order valence-electron chi connectivity index (χ0n) is 66.5. The Hall–Kier alpha value is -9.62. The lowest BCUT2D eigenvalue weighted by atomic mass is 10.1. The number of H-pyrrole nitrogens is 1. The Labute approximate surface area is 659 Å². The SMILES string of the molecule is CC(C)C.CC(C)Nc1nc(-c2cc(OC(C)C)c3ccc(CCCO)cc3n2)cs1.CCCc1ccc2c(OC(C)C)cc(-c3csc(NC(C)C)n3)nc2c1.[C-]#[N+]CCCc1ccc2c(=O)cc(-c3csc(NC(C)C)n3)[nH]c2c1.[C-]#[N+]CCc1ccc2c(OC(C)C)cc(-c3csc(NC(C)C)n3)nc2c1. The van der Waals surface area contributed by atoms with Crippen molar-refractivity contribution in [3.63, 3.8) is 0 Å². The highest BCUT2D eigenvalue weighted by atomic mass is 32.1. The molecule has 0 aliphatic rings. The summed E-state index contributed by atoms with van der Waals surface area (Å²) >= 11 is 6.29. The van der Waals surface area contributed by atoms with Gasteiger partial charge in [-0.2, -0.15) is 0 Å². The summed E-state index contributed by atoms with van der Waals surface area (Å²) in [4.78, 5) is 55.8. The summed E-state index contributed by atoms with van der Waals surface area (Å²) in [5, 5.41) is 37.7. The molecule has 12 aromatic rings. The molecule has 0 saturated carbocycles. The fourth-order valence-electron chi connectivity index (χ4n) is 11.2. The zero-order valence-corrected chi connectivity index (χ0v) is 69.7. The molecule has 109 heavy (non-hydrogen) atoms. The quantitative estimate of drug-likeness (QED) is 0.0198. The number of hydrogen-bond acceptors (Lipinski definition) is 20. The van der Waals surface area contributed by atoms with E-state index in [9.17, 15) is 4.79 Å². The molecule has 0 amide bonds. The third-order valence-corrected chi connectivity index (χ3v) is 18.7. The second kappa shape index (κ2) is 41.8. The molecule has 0 unspecified atom stereocenters. The lowest BCUT2D eigenvalue weighted by Gasteiger charge is -2.14. The van der Waals surface area contributed by atoms with E-state index in [1.165, 1.54) is 16.9 Å². The third kappa shape index (κ3) is 26.3. The van der Waals surface area contributed by atoms with Gasteiger partial charge in [0.05, 0.1) is 68.8 Å². The number of rotatable bonds is 28. The van der Waals surface area contributed by atoms with Crippen LogP contribution >= 0.6 is 45.3 Å². The first-order valence-corrected chi connectivity index (χ1v) is 41.3. The molecule has 6 N–H and O–H groups in total. The van der Waals surface area contributed by atoms with Gasteiger partial charge in [0.2, 0.25) is 13.1 Å². The minimum atomic E-state index is -0.0113. The number of aromatic amines is 1. The maximum atomic E-state index is 12.4. The highest BCUT2D eigenvalue weighted by Crippen LogP contribution is 2.37. The number of hydrogen-bond donors (Lipinski definition) is 6. The number of anilines is 4. The molecule has 576 valence electrons. The van der Waals surface area contributed by atoms with E-state index in [1.54, 1.807) is 40.1 Å². The molecule has 23 heteroatoms. The van der Waals surface area contributed by atoms with Gasteiger partial charge in [0, 0.05) is 111 Å². The predicted octanol–water partition coefficient (Wildman–Crippen LogP) is 22.2. The molecule has 8 heterocycles. The first-order chi connectivity index (χ1) is 52.2. The van der Waals surface area contributed by atoms with E-state index >= 15 is 0 Å². The van der Waals surface area contributed by atoms with E-state index < -0.39 is 0 Å². The van der Waals surface area contributed by atoms with Gasteiger partial charge in [0.1, 0.15) is 34.3 Å². The third-order valence-electron chi connectivity index (χ3n) is 15.6. The average molecular weight is 1550 g/mol. The monoisotopic (exact) mass is 1540 g/mol. The number of aliphatic hydroxyl groups excluding tert-OH is 1. The van der Waals surface area contributed by atoms with Gasteiger partial charge in [-0.1, -0.05) is 58.4 Å². The maximum Gasteiger partial charge on any atom is 0.218 e. The number of nitrogens with zero attached hydrogens (tertiary/aromatic N) is 9. The first-order valence-electron chi connectivity index (χ1n) is 37.8. The summed E-state index contributed by atoms with van der Waals surface area (Å²) in [6.45, 7) is 52.7. The van der Waals surface area contributed by atoms with Gasteiger partial charge < -0.3 is 55.3 Å². The number of thiazole rings is 4. The Morgan fingerprint density at radius 2 is 0.752 bits per heavy atom. The Balaban J connectivity index is 0.000000180. The van der Waals surface area contributed by atoms with Crippen LogP contribution in [0.4, 0.5) is 20.5 Å². The maximum absolute atomic E-state index is 12.4. The van der Waals surface area contributed by atoms with E-state index in [4.69, 9.17) is 52.4 Å². The van der Waals surface area contributed by atoms with Crippen molar-refractivity contribution in [3.8, 4) is 62.8 Å². The van der Waals surface area contributed by atoms with Crippen molar-refractivity contribution in [2.75, 3.05) is 41.0 Å². The molecule has 0 atom stereocenters. The second-order valence-corrected chi connectivity index (χ2v) is 32.7. The first kappa shape index (κ1) is 85.0. The highest BCUT2D eigenvalue weighted by Gasteiger charge is 2.19. The molecule has 0 aliphatic carbocycles. The van der Waals surface area contributed by atoms with E-state index in [2.05, 4.69) is 183 Å². The molecular formula is C86H108N14O5S4. The normalized spacial score (nSPS) is 11.2. The van der Waals surface area contributed by atoms with Crippen molar-refractivity contribution in [2.45, 2.75) is 212 Å². The minimum Gasteiger partial charge on any atom is -0.490 e. The van der Waals surface area contributed by atoms with Crippen LogP contribution in [0.1, 0.15) is 166 Å². The molecule has 4 aromatic carbocycles. The smallest absolute Gasteiger partial charge is 0.218 e. The Morgan fingerprint density at radius 3 is 1.11 bits per heavy atom. The summed E-state index contributed by atoms with van der Waals surface area (Å²) in [7, 11) is 0. The zero-order chi connectivity index (χ0) is 78.8. The van der Waals surface area contributed by atoms with Gasteiger partial charge in [0.15, 0.2) is 26.0 Å². The van der Waals surface area contributed by atoms with Crippen LogP contribution in [-0.4, -0.2) is 107 Å². The van der Waals surface area contributed by atoms with Crippen LogP contribution in [-0.2, 0) is 25.7 Å². The highest BCUT2D eigenvalue weighted by molar-refractivity contribution is 7.15. The average Bonchev–Trinajstić information content (AvgIpc) is 1.74. The summed E-state index contributed by atoms with van der Waals surface area (Å²) in [5.41, 5.74) is 14.8. The van der Waals surface area contributed by atoms with Gasteiger partial charge in [0.25, 0.3) is 0 Å². The lowest BCUT2D eigenvalue weighted by molar-refractivity contribution is 0.245. The number of aromatic nitrogens is 8. The number of aryl methyl sites for hydroxylation is 3. The molecule has 0 aliphatic heterocycles. The van der Waals surface area contributed by atoms with Crippen molar-refractivity contribution < 1.29 is 19.3 Å². The van der Waals surface area contributed by atoms with Gasteiger partial charge >= 0.3 is 0 Å². The molecule has 0 fully saturated rings. The Kier molecular flexibility index (Phi) is 32.6. The molecule has 19 nitrogen and oxygen atoms in total. The van der Waals surface area contributed by atoms with Crippen LogP contribution in [0.3, 0.4) is 0 Å². The van der Waals surface area contributed by atoms with Crippen LogP contribution < -0.4 is 40.9 Å². The molecule has 8 aromatic heterocycles. The van der Waals surface area contributed by atoms with Crippen molar-refractivity contribution in [2.24, 2.45) is 5.92 Å². The number of pyridine rings is 4. The van der Waals surface area contributed by atoms with Crippen molar-refractivity contribution >= 4 is 109 Å². The Morgan fingerprint density at radius 1 is 0.413 bits per heavy atom. The standard InChI is InChI=1S/C21H24N4OS.C21H27N3O2S.C21H27N3OS.C19H20N4OS.C4H10/c1-13(2)23-21-25-19(12-27-21)18-11-20(26-14(3)4)16-7-6-15(8-9-22-5)10-17(16)24-18;1-13(2)22-21-24-19(12-27-21)18-11-20(26-14(3)4)16-8-7-15(6-5-9-25)10-17(16)23-18;1-6-7-15-8-9-16-17(10-15)23-18(11-20(16)25-14(4)5)19-12-26-21(24-19)22-13(2)3;1-12(2)21-19-23-17(11-25-19)16-10-18(24)14-7-6-13(5-4-8-20-3)9-15(14)22-16;1-4(2)3/h6-7,10-14H,8-9H2,1-4H3,(H,23,25);7-8,10-14,25H,5-6,9H2,1-4H3,(H,22,24);8-14H,6-7H2,1-5H3,(H,22,24);6-7,9-12H,4-5,8H2,1-2H3,(H,21,23)(H,22,24);4H,1-3H3. The number of nitrogens with one attached hydrogen (secondary N) is 5. The fraction of sp³-hybridized carbons (Fsp3) is 0.419. The minimum absolute atomic E-state index is 0.0113. The van der Waals surface area contributed by atoms with E-state index in [1.807, 2.05) is 106 Å². The van der Waals surface area contributed by atoms with Crippen LogP contribution in [0.15, 0.2) is 123 Å². The summed E-state index contributed by atoms with van der Waals surface area (Å²) in [6.07, 6.45) is 6.40. The van der Waals surface area contributed by atoms with Gasteiger partial charge in [-0.25, -0.2) is 48.0 Å². The molecule has 0 bridgehead atoms. The molecule has 0 radical (unpaired) electrons. The van der Waals surface area contributed by atoms with Gasteiger partial charge in [-0.3, -0.25) is 4.79 Å². The van der Waals surface area contributed by atoms with Crippen LogP contribution in [0.5, 0.6) is 17.2 Å². The van der Waals surface area contributed by atoms with Gasteiger partial charge in [-0.15, -0.1) is 45.3 Å². The van der Waals surface area contributed by atoms with Gasteiger partial charge in [-0.05, 0) is 199 Å². The Bertz CT molecular complexity index is 5040. The summed E-state index contributed by atoms with van der Waals surface area (Å²) in [6, 6.07) is 33.6. The number of aliphatic hydroxyl groups is 1. The number of ether oxygens (including phenoxy) is 3. The largest absolute Gasteiger partial charge is 0.490 e. The molecule has 0 saturated heterocycles. The summed E-state index contributed by atoms with van der Waals surface area (Å²) < 4.78 is 18.2. The van der Waals surface area contributed by atoms with Crippen LogP contribution in [0, 0.1) is 19.1 Å².